The molecule has 0 aliphatic heterocycles. The molecule has 1 fully saturated rings. The van der Waals surface area contributed by atoms with Crippen molar-refractivity contribution >= 4 is 18.1 Å². The van der Waals surface area contributed by atoms with Gasteiger partial charge in [-0.2, -0.15) is 0 Å². The second-order valence-electron chi connectivity index (χ2n) is 11.7. The smallest absolute Gasteiger partial charge is 0.338 e. The maximum atomic E-state index is 14.9. The molecule has 216 valence electrons. The maximum Gasteiger partial charge on any atom is 0.338 e. The lowest BCUT2D eigenvalue weighted by Gasteiger charge is -2.28. The van der Waals surface area contributed by atoms with E-state index in [1.807, 2.05) is 18.2 Å². The third-order valence-corrected chi connectivity index (χ3v) is 8.56. The minimum Gasteiger partial charge on any atom is -0.459 e. The number of carbonyl (C=O) groups excluding carboxylic acids is 1. The van der Waals surface area contributed by atoms with Crippen molar-refractivity contribution in [2.75, 3.05) is 0 Å². The summed E-state index contributed by atoms with van der Waals surface area (Å²) in [6.45, 7) is 4.48. The summed E-state index contributed by atoms with van der Waals surface area (Å²) in [6, 6.07) is 32.3. The van der Waals surface area contributed by atoms with Crippen LogP contribution in [0, 0.1) is 11.7 Å². The van der Waals surface area contributed by atoms with Crippen molar-refractivity contribution in [1.82, 2.24) is 0 Å². The van der Waals surface area contributed by atoms with Gasteiger partial charge in [0.25, 0.3) is 0 Å². The zero-order chi connectivity index (χ0) is 29.3. The molecule has 1 saturated carbocycles. The van der Waals surface area contributed by atoms with E-state index >= 15 is 0 Å². The van der Waals surface area contributed by atoms with Gasteiger partial charge in [0.15, 0.2) is 0 Å². The lowest BCUT2D eigenvalue weighted by molar-refractivity contribution is 0.0161. The van der Waals surface area contributed by atoms with Crippen LogP contribution in [0.2, 0.25) is 0 Å². The van der Waals surface area contributed by atoms with Gasteiger partial charge in [-0.05, 0) is 83.9 Å². The number of rotatable bonds is 10. The van der Waals surface area contributed by atoms with Gasteiger partial charge in [0.1, 0.15) is 11.9 Å². The van der Waals surface area contributed by atoms with Crippen LogP contribution in [0.3, 0.4) is 0 Å². The minimum absolute atomic E-state index is 0.0579. The highest BCUT2D eigenvalue weighted by atomic mass is 19.1. The van der Waals surface area contributed by atoms with Gasteiger partial charge in [-0.25, -0.2) is 9.18 Å². The van der Waals surface area contributed by atoms with Crippen LogP contribution in [0.15, 0.2) is 97.1 Å². The predicted octanol–water partition coefficient (Wildman–Crippen LogP) is 10.5. The number of benzene rings is 4. The van der Waals surface area contributed by atoms with Gasteiger partial charge in [0.2, 0.25) is 0 Å². The Bertz CT molecular complexity index is 1460. The van der Waals surface area contributed by atoms with Crippen LogP contribution in [0.25, 0.3) is 23.3 Å². The number of ether oxygens (including phenoxy) is 1. The van der Waals surface area contributed by atoms with E-state index < -0.39 is 11.8 Å². The molecule has 1 unspecified atom stereocenters. The monoisotopic (exact) mass is 560 g/mol. The summed E-state index contributed by atoms with van der Waals surface area (Å²) in [5.74, 6) is 0.358. The molecular weight excluding hydrogens is 519 g/mol. The molecule has 4 aromatic carbocycles. The Morgan fingerprint density at radius 1 is 0.857 bits per heavy atom. The fourth-order valence-corrected chi connectivity index (χ4v) is 6.01. The standard InChI is InChI=1S/C39H41FO2/c1-3-7-29-15-24-37(25-16-29)42-39(41)36-23-22-35(38(40)27-36)21-12-30-10-17-33(18-11-30)34-19-13-31(14-20-34)26-28(2)32-8-5-4-6-9-32/h4-6,8-14,17-23,27-29,37H,3,7,15-16,24-26H2,1-2H3/b21-12+. The van der Waals surface area contributed by atoms with E-state index in [1.165, 1.54) is 35.6 Å². The highest BCUT2D eigenvalue weighted by Gasteiger charge is 2.24. The number of hydrogen-bond donors (Lipinski definition) is 0. The van der Waals surface area contributed by atoms with E-state index in [-0.39, 0.29) is 11.7 Å². The molecule has 0 aromatic heterocycles. The first-order valence-corrected chi connectivity index (χ1v) is 15.4. The maximum absolute atomic E-state index is 14.9. The fourth-order valence-electron chi connectivity index (χ4n) is 6.01. The molecule has 1 atom stereocenters. The van der Waals surface area contributed by atoms with Gasteiger partial charge in [-0.3, -0.25) is 0 Å². The first-order valence-electron chi connectivity index (χ1n) is 15.4. The van der Waals surface area contributed by atoms with Crippen molar-refractivity contribution in [1.29, 1.82) is 0 Å². The largest absolute Gasteiger partial charge is 0.459 e. The van der Waals surface area contributed by atoms with Crippen molar-refractivity contribution in [3.63, 3.8) is 0 Å². The van der Waals surface area contributed by atoms with Crippen LogP contribution in [-0.2, 0) is 11.2 Å². The number of halogens is 1. The second-order valence-corrected chi connectivity index (χ2v) is 11.7. The summed E-state index contributed by atoms with van der Waals surface area (Å²) in [6.07, 6.45) is 11.0. The normalized spacial score (nSPS) is 17.7. The Hall–Kier alpha value is -3.98. The van der Waals surface area contributed by atoms with Crippen LogP contribution in [0.4, 0.5) is 4.39 Å². The number of esters is 1. The molecule has 0 amide bonds. The Balaban J connectivity index is 1.15. The molecule has 0 radical (unpaired) electrons. The molecule has 0 spiro atoms. The van der Waals surface area contributed by atoms with Gasteiger partial charge in [0.05, 0.1) is 5.56 Å². The van der Waals surface area contributed by atoms with Crippen molar-refractivity contribution in [2.45, 2.75) is 70.8 Å². The molecule has 0 saturated heterocycles. The molecule has 4 aromatic rings. The summed E-state index contributed by atoms with van der Waals surface area (Å²) in [5, 5.41) is 0. The van der Waals surface area contributed by atoms with E-state index in [0.717, 1.165) is 49.1 Å². The van der Waals surface area contributed by atoms with E-state index in [4.69, 9.17) is 4.74 Å². The highest BCUT2D eigenvalue weighted by molar-refractivity contribution is 5.90. The molecule has 42 heavy (non-hydrogen) atoms. The lowest BCUT2D eigenvalue weighted by Crippen LogP contribution is -2.24. The van der Waals surface area contributed by atoms with Crippen molar-refractivity contribution in [3.8, 4) is 11.1 Å². The number of carbonyl (C=O) groups is 1. The molecule has 3 heteroatoms. The van der Waals surface area contributed by atoms with E-state index in [2.05, 4.69) is 80.6 Å². The van der Waals surface area contributed by atoms with E-state index in [0.29, 0.717) is 11.5 Å². The van der Waals surface area contributed by atoms with Crippen LogP contribution in [0.5, 0.6) is 0 Å². The zero-order valence-electron chi connectivity index (χ0n) is 24.8. The minimum atomic E-state index is -0.433. The summed E-state index contributed by atoms with van der Waals surface area (Å²) in [5.41, 5.74) is 6.69. The van der Waals surface area contributed by atoms with Gasteiger partial charge >= 0.3 is 5.97 Å². The predicted molar refractivity (Wildman–Crippen MR) is 172 cm³/mol. The molecule has 5 rings (SSSR count). The van der Waals surface area contributed by atoms with Gasteiger partial charge in [-0.15, -0.1) is 0 Å². The zero-order valence-corrected chi connectivity index (χ0v) is 24.8. The third kappa shape index (κ3) is 7.85. The second kappa shape index (κ2) is 14.3. The molecule has 1 aliphatic carbocycles. The first kappa shape index (κ1) is 29.5. The molecule has 1 aliphatic rings. The van der Waals surface area contributed by atoms with Gasteiger partial charge in [0, 0.05) is 5.56 Å². The fraction of sp³-hybridized carbons (Fsp3) is 0.308. The van der Waals surface area contributed by atoms with Crippen LogP contribution in [0.1, 0.15) is 90.9 Å². The molecule has 0 N–H and O–H groups in total. The lowest BCUT2D eigenvalue weighted by atomic mass is 9.85. The van der Waals surface area contributed by atoms with Crippen molar-refractivity contribution < 1.29 is 13.9 Å². The molecule has 2 nitrogen and oxygen atoms in total. The Labute approximate surface area is 250 Å². The number of hydrogen-bond acceptors (Lipinski definition) is 2. The molecule has 0 heterocycles. The van der Waals surface area contributed by atoms with E-state index in [1.54, 1.807) is 18.2 Å². The van der Waals surface area contributed by atoms with Crippen LogP contribution < -0.4 is 0 Å². The SMILES string of the molecule is CCCC1CCC(OC(=O)c2ccc(/C=C/c3ccc(-c4ccc(CC(C)c5ccccc5)cc4)cc3)c(F)c2)CC1. The summed E-state index contributed by atoms with van der Waals surface area (Å²) < 4.78 is 20.6. The summed E-state index contributed by atoms with van der Waals surface area (Å²) in [7, 11) is 0. The average Bonchev–Trinajstić information content (AvgIpc) is 3.02. The van der Waals surface area contributed by atoms with Gasteiger partial charge < -0.3 is 4.74 Å². The Morgan fingerprint density at radius 3 is 2.17 bits per heavy atom. The average molecular weight is 561 g/mol. The Kier molecular flexibility index (Phi) is 10.0. The quantitative estimate of drug-likeness (QED) is 0.142. The van der Waals surface area contributed by atoms with Crippen molar-refractivity contribution in [3.05, 3.63) is 131 Å². The van der Waals surface area contributed by atoms with E-state index in [9.17, 15) is 9.18 Å². The summed E-state index contributed by atoms with van der Waals surface area (Å²) >= 11 is 0. The van der Waals surface area contributed by atoms with Gasteiger partial charge in [-0.1, -0.05) is 124 Å². The first-order chi connectivity index (χ1) is 20.5. The molecular formula is C39H41FO2. The Morgan fingerprint density at radius 2 is 1.52 bits per heavy atom. The van der Waals surface area contributed by atoms with Crippen molar-refractivity contribution in [2.24, 2.45) is 5.92 Å². The topological polar surface area (TPSA) is 26.3 Å². The van der Waals surface area contributed by atoms with Crippen LogP contribution >= 0.6 is 0 Å². The highest BCUT2D eigenvalue weighted by Crippen LogP contribution is 2.30. The summed E-state index contributed by atoms with van der Waals surface area (Å²) in [4.78, 5) is 12.6. The molecule has 0 bridgehead atoms. The van der Waals surface area contributed by atoms with Crippen LogP contribution in [-0.4, -0.2) is 12.1 Å². The third-order valence-electron chi connectivity index (χ3n) is 8.56.